The Kier molecular flexibility index (Phi) is 4.32. The van der Waals surface area contributed by atoms with Gasteiger partial charge >= 0.3 is 12.0 Å². The fourth-order valence-corrected chi connectivity index (χ4v) is 2.88. The first-order valence-corrected chi connectivity index (χ1v) is 7.32. The topological polar surface area (TPSA) is 69.6 Å². The zero-order chi connectivity index (χ0) is 13.9. The largest absolute Gasteiger partial charge is 0.481 e. The summed E-state index contributed by atoms with van der Waals surface area (Å²) in [5, 5.41) is 11.9. The van der Waals surface area contributed by atoms with Crippen molar-refractivity contribution in [2.24, 2.45) is 5.41 Å². The molecular weight excluding hydrogens is 244 g/mol. The Labute approximate surface area is 114 Å². The zero-order valence-corrected chi connectivity index (χ0v) is 11.7. The van der Waals surface area contributed by atoms with E-state index in [1.807, 2.05) is 0 Å². The first kappa shape index (κ1) is 14.2. The maximum Gasteiger partial charge on any atom is 0.317 e. The molecule has 1 aliphatic carbocycles. The summed E-state index contributed by atoms with van der Waals surface area (Å²) in [6.45, 7) is 3.58. The second-order valence-corrected chi connectivity index (χ2v) is 5.95. The van der Waals surface area contributed by atoms with Crippen molar-refractivity contribution in [1.29, 1.82) is 0 Å². The van der Waals surface area contributed by atoms with Crippen LogP contribution in [0.25, 0.3) is 0 Å². The van der Waals surface area contributed by atoms with Gasteiger partial charge in [-0.05, 0) is 43.9 Å². The molecule has 1 atom stereocenters. The van der Waals surface area contributed by atoms with Crippen molar-refractivity contribution in [2.45, 2.75) is 57.9 Å². The second kappa shape index (κ2) is 5.80. The summed E-state index contributed by atoms with van der Waals surface area (Å²) in [6.07, 6.45) is 6.35. The molecule has 2 rings (SSSR count). The van der Waals surface area contributed by atoms with E-state index >= 15 is 0 Å². The van der Waals surface area contributed by atoms with E-state index in [0.717, 1.165) is 32.2 Å². The lowest BCUT2D eigenvalue weighted by Crippen LogP contribution is -2.50. The van der Waals surface area contributed by atoms with Gasteiger partial charge in [0.1, 0.15) is 0 Å². The molecule has 0 spiro atoms. The second-order valence-electron chi connectivity index (χ2n) is 5.95. The molecule has 1 heterocycles. The monoisotopic (exact) mass is 268 g/mol. The van der Waals surface area contributed by atoms with Gasteiger partial charge in [0.15, 0.2) is 0 Å². The number of likely N-dealkylation sites (tertiary alicyclic amines) is 1. The highest BCUT2D eigenvalue weighted by atomic mass is 16.4. The van der Waals surface area contributed by atoms with E-state index in [2.05, 4.69) is 12.2 Å². The third kappa shape index (κ3) is 3.61. The van der Waals surface area contributed by atoms with Gasteiger partial charge in [-0.2, -0.15) is 0 Å². The van der Waals surface area contributed by atoms with Crippen LogP contribution < -0.4 is 5.32 Å². The summed E-state index contributed by atoms with van der Waals surface area (Å²) >= 11 is 0. The molecule has 108 valence electrons. The molecule has 5 nitrogen and oxygen atoms in total. The lowest BCUT2D eigenvalue weighted by Gasteiger charge is -2.35. The van der Waals surface area contributed by atoms with E-state index < -0.39 is 5.97 Å². The molecule has 1 unspecified atom stereocenters. The number of carboxylic acid groups (broad SMARTS) is 1. The molecular formula is C14H24N2O3. The number of rotatable bonds is 5. The van der Waals surface area contributed by atoms with E-state index in [-0.39, 0.29) is 18.5 Å². The summed E-state index contributed by atoms with van der Waals surface area (Å²) in [5.41, 5.74) is 0.327. The highest BCUT2D eigenvalue weighted by Crippen LogP contribution is 2.47. The predicted molar refractivity (Wildman–Crippen MR) is 72.0 cm³/mol. The van der Waals surface area contributed by atoms with Crippen molar-refractivity contribution < 1.29 is 14.7 Å². The van der Waals surface area contributed by atoms with E-state index in [4.69, 9.17) is 5.11 Å². The molecule has 19 heavy (non-hydrogen) atoms. The number of nitrogens with zero attached hydrogens (tertiary/aromatic N) is 1. The number of aliphatic carboxylic acids is 1. The zero-order valence-electron chi connectivity index (χ0n) is 11.7. The van der Waals surface area contributed by atoms with Crippen LogP contribution in [0.3, 0.4) is 0 Å². The number of hydrogen-bond acceptors (Lipinski definition) is 2. The Morgan fingerprint density at radius 1 is 1.37 bits per heavy atom. The summed E-state index contributed by atoms with van der Waals surface area (Å²) in [4.78, 5) is 24.8. The van der Waals surface area contributed by atoms with Gasteiger partial charge in [0, 0.05) is 19.1 Å². The van der Waals surface area contributed by atoms with Gasteiger partial charge in [-0.15, -0.1) is 0 Å². The average molecular weight is 268 g/mol. The standard InChI is InChI=1S/C14H24N2O3/c1-2-14(6-7-14)10-15-13(19)16-8-4-3-5-11(16)9-12(17)18/h11H,2-10H2,1H3,(H,15,19)(H,17,18). The number of hydrogen-bond donors (Lipinski definition) is 2. The molecule has 0 aromatic carbocycles. The van der Waals surface area contributed by atoms with E-state index in [9.17, 15) is 9.59 Å². The van der Waals surface area contributed by atoms with Crippen molar-refractivity contribution >= 4 is 12.0 Å². The Bertz CT molecular complexity index is 353. The molecule has 0 bridgehead atoms. The number of piperidine rings is 1. The lowest BCUT2D eigenvalue weighted by molar-refractivity contribution is -0.138. The van der Waals surface area contributed by atoms with Crippen LogP contribution in [-0.2, 0) is 4.79 Å². The van der Waals surface area contributed by atoms with E-state index in [0.29, 0.717) is 12.0 Å². The molecule has 2 amide bonds. The van der Waals surface area contributed by atoms with E-state index in [1.54, 1.807) is 4.90 Å². The van der Waals surface area contributed by atoms with Crippen molar-refractivity contribution in [1.82, 2.24) is 10.2 Å². The van der Waals surface area contributed by atoms with Crippen molar-refractivity contribution in [3.63, 3.8) is 0 Å². The minimum absolute atomic E-state index is 0.0618. The molecule has 2 fully saturated rings. The number of carbonyl (C=O) groups is 2. The van der Waals surface area contributed by atoms with Gasteiger partial charge in [-0.25, -0.2) is 4.79 Å². The number of carboxylic acids is 1. The lowest BCUT2D eigenvalue weighted by atomic mass is 9.99. The van der Waals surface area contributed by atoms with E-state index in [1.165, 1.54) is 12.8 Å². The summed E-state index contributed by atoms with van der Waals surface area (Å²) < 4.78 is 0. The van der Waals surface area contributed by atoms with Gasteiger partial charge in [-0.1, -0.05) is 6.92 Å². The summed E-state index contributed by atoms with van der Waals surface area (Å²) in [5.74, 6) is -0.822. The number of urea groups is 1. The summed E-state index contributed by atoms with van der Waals surface area (Å²) in [7, 11) is 0. The molecule has 2 aliphatic rings. The average Bonchev–Trinajstić information content (AvgIpc) is 3.17. The van der Waals surface area contributed by atoms with Gasteiger partial charge in [0.25, 0.3) is 0 Å². The molecule has 1 aliphatic heterocycles. The van der Waals surface area contributed by atoms with Gasteiger partial charge in [0.2, 0.25) is 0 Å². The predicted octanol–water partition coefficient (Wildman–Crippen LogP) is 2.22. The Morgan fingerprint density at radius 2 is 2.11 bits per heavy atom. The quantitative estimate of drug-likeness (QED) is 0.803. The minimum atomic E-state index is -0.822. The van der Waals surface area contributed by atoms with Crippen LogP contribution in [0.15, 0.2) is 0 Å². The van der Waals surface area contributed by atoms with Gasteiger partial charge < -0.3 is 15.3 Å². The maximum absolute atomic E-state index is 12.2. The Hall–Kier alpha value is -1.26. The first-order chi connectivity index (χ1) is 9.06. The van der Waals surface area contributed by atoms with Crippen LogP contribution in [0.5, 0.6) is 0 Å². The third-order valence-corrected chi connectivity index (χ3v) is 4.62. The Morgan fingerprint density at radius 3 is 2.68 bits per heavy atom. The van der Waals surface area contributed by atoms with Gasteiger partial charge in [-0.3, -0.25) is 4.79 Å². The molecule has 0 aromatic heterocycles. The van der Waals surface area contributed by atoms with Crippen molar-refractivity contribution in [2.75, 3.05) is 13.1 Å². The first-order valence-electron chi connectivity index (χ1n) is 7.32. The third-order valence-electron chi connectivity index (χ3n) is 4.62. The van der Waals surface area contributed by atoms with Crippen LogP contribution in [0.4, 0.5) is 4.79 Å². The molecule has 1 saturated carbocycles. The molecule has 1 saturated heterocycles. The number of amides is 2. The normalized spacial score (nSPS) is 24.9. The van der Waals surface area contributed by atoms with Crippen LogP contribution in [0.2, 0.25) is 0 Å². The van der Waals surface area contributed by atoms with Crippen LogP contribution in [-0.4, -0.2) is 41.1 Å². The molecule has 5 heteroatoms. The minimum Gasteiger partial charge on any atom is -0.481 e. The highest BCUT2D eigenvalue weighted by Gasteiger charge is 2.41. The molecule has 2 N–H and O–H groups in total. The number of carbonyl (C=O) groups excluding carboxylic acids is 1. The fraction of sp³-hybridized carbons (Fsp3) is 0.857. The SMILES string of the molecule is CCC1(CNC(=O)N2CCCCC2CC(=O)O)CC1. The van der Waals surface area contributed by atoms with Crippen molar-refractivity contribution in [3.05, 3.63) is 0 Å². The fourth-order valence-electron chi connectivity index (χ4n) is 2.88. The van der Waals surface area contributed by atoms with Crippen LogP contribution >= 0.6 is 0 Å². The maximum atomic E-state index is 12.2. The Balaban J connectivity index is 1.86. The summed E-state index contributed by atoms with van der Waals surface area (Å²) in [6, 6.07) is -0.214. The highest BCUT2D eigenvalue weighted by molar-refractivity contribution is 5.76. The van der Waals surface area contributed by atoms with Crippen LogP contribution in [0, 0.1) is 5.41 Å². The van der Waals surface area contributed by atoms with Crippen molar-refractivity contribution in [3.8, 4) is 0 Å². The number of nitrogens with one attached hydrogen (secondary N) is 1. The van der Waals surface area contributed by atoms with Gasteiger partial charge in [0.05, 0.1) is 6.42 Å². The smallest absolute Gasteiger partial charge is 0.317 e. The van der Waals surface area contributed by atoms with Crippen LogP contribution in [0.1, 0.15) is 51.9 Å². The molecule has 0 radical (unpaired) electrons. The molecule has 0 aromatic rings.